The summed E-state index contributed by atoms with van der Waals surface area (Å²) in [7, 11) is 1.62. The molecule has 1 heterocycles. The van der Waals surface area contributed by atoms with Crippen LogP contribution in [-0.4, -0.2) is 13.7 Å². The second-order valence-electron chi connectivity index (χ2n) is 3.99. The summed E-state index contributed by atoms with van der Waals surface area (Å²) in [5, 5.41) is 0. The number of nitrogen functional groups attached to an aromatic ring is 1. The molecule has 0 atom stereocenters. The molecule has 0 saturated heterocycles. The molecule has 4 nitrogen and oxygen atoms in total. The normalized spacial score (nSPS) is 10.3. The number of ether oxygens (including phenoxy) is 1. The molecule has 0 aliphatic carbocycles. The van der Waals surface area contributed by atoms with Gasteiger partial charge in [0, 0.05) is 6.54 Å². The molecule has 2 N–H and O–H groups in total. The van der Waals surface area contributed by atoms with E-state index in [0.29, 0.717) is 18.0 Å². The van der Waals surface area contributed by atoms with Gasteiger partial charge in [-0.25, -0.2) is 0 Å². The molecule has 0 unspecified atom stereocenters. The van der Waals surface area contributed by atoms with Gasteiger partial charge in [-0.3, -0.25) is 0 Å². The molecular formula is C14H18N2O2. The Morgan fingerprint density at radius 1 is 1.28 bits per heavy atom. The molecule has 1 aromatic carbocycles. The number of methoxy groups -OCH3 is 1. The van der Waals surface area contributed by atoms with E-state index in [1.165, 1.54) is 0 Å². The number of hydrogen-bond acceptors (Lipinski definition) is 4. The minimum Gasteiger partial charge on any atom is -0.495 e. The van der Waals surface area contributed by atoms with Crippen LogP contribution in [0.4, 0.5) is 11.4 Å². The zero-order valence-electron chi connectivity index (χ0n) is 10.7. The van der Waals surface area contributed by atoms with E-state index < -0.39 is 0 Å². The SMILES string of the molecule is CCN(Cc1ccco1)c1cccc(OC)c1N. The number of furan rings is 1. The minimum atomic E-state index is 0.661. The van der Waals surface area contributed by atoms with Crippen LogP contribution in [0.3, 0.4) is 0 Å². The highest BCUT2D eigenvalue weighted by atomic mass is 16.5. The van der Waals surface area contributed by atoms with Crippen molar-refractivity contribution in [1.29, 1.82) is 0 Å². The molecule has 18 heavy (non-hydrogen) atoms. The second-order valence-corrected chi connectivity index (χ2v) is 3.99. The Labute approximate surface area is 107 Å². The number of rotatable bonds is 5. The smallest absolute Gasteiger partial charge is 0.143 e. The first kappa shape index (κ1) is 12.4. The molecule has 0 spiro atoms. The van der Waals surface area contributed by atoms with Gasteiger partial charge in [-0.2, -0.15) is 0 Å². The summed E-state index contributed by atoms with van der Waals surface area (Å²) in [4.78, 5) is 2.15. The van der Waals surface area contributed by atoms with Crippen molar-refractivity contribution >= 4 is 11.4 Å². The third kappa shape index (κ3) is 2.42. The second kappa shape index (κ2) is 5.49. The van der Waals surface area contributed by atoms with Crippen LogP contribution in [0.15, 0.2) is 41.0 Å². The minimum absolute atomic E-state index is 0.661. The van der Waals surface area contributed by atoms with E-state index in [4.69, 9.17) is 14.9 Å². The Balaban J connectivity index is 2.27. The molecule has 4 heteroatoms. The van der Waals surface area contributed by atoms with Gasteiger partial charge in [-0.15, -0.1) is 0 Å². The highest BCUT2D eigenvalue weighted by Crippen LogP contribution is 2.32. The molecule has 96 valence electrons. The van der Waals surface area contributed by atoms with Crippen LogP contribution >= 0.6 is 0 Å². The van der Waals surface area contributed by atoms with Crippen molar-refractivity contribution in [3.63, 3.8) is 0 Å². The molecule has 0 bridgehead atoms. The first-order chi connectivity index (χ1) is 8.76. The van der Waals surface area contributed by atoms with E-state index in [1.54, 1.807) is 13.4 Å². The number of benzene rings is 1. The van der Waals surface area contributed by atoms with E-state index in [1.807, 2.05) is 30.3 Å². The van der Waals surface area contributed by atoms with Crippen LogP contribution in [0.1, 0.15) is 12.7 Å². The number of hydrogen-bond donors (Lipinski definition) is 1. The summed E-state index contributed by atoms with van der Waals surface area (Å²) in [6.07, 6.45) is 1.68. The lowest BCUT2D eigenvalue weighted by Crippen LogP contribution is -2.22. The Morgan fingerprint density at radius 3 is 2.72 bits per heavy atom. The summed E-state index contributed by atoms with van der Waals surface area (Å²) >= 11 is 0. The van der Waals surface area contributed by atoms with Crippen LogP contribution < -0.4 is 15.4 Å². The summed E-state index contributed by atoms with van der Waals surface area (Å²) in [6, 6.07) is 9.64. The van der Waals surface area contributed by atoms with Crippen LogP contribution in [0.2, 0.25) is 0 Å². The topological polar surface area (TPSA) is 51.6 Å². The van der Waals surface area contributed by atoms with Gasteiger partial charge in [0.2, 0.25) is 0 Å². The number of anilines is 2. The van der Waals surface area contributed by atoms with E-state index in [-0.39, 0.29) is 0 Å². The van der Waals surface area contributed by atoms with E-state index in [2.05, 4.69) is 11.8 Å². The Morgan fingerprint density at radius 2 is 2.11 bits per heavy atom. The molecule has 0 radical (unpaired) electrons. The van der Waals surface area contributed by atoms with Gasteiger partial charge >= 0.3 is 0 Å². The van der Waals surface area contributed by atoms with Crippen molar-refractivity contribution in [2.45, 2.75) is 13.5 Å². The molecule has 0 amide bonds. The van der Waals surface area contributed by atoms with Crippen molar-refractivity contribution in [3.05, 3.63) is 42.4 Å². The maximum atomic E-state index is 6.10. The number of nitrogens with zero attached hydrogens (tertiary/aromatic N) is 1. The maximum Gasteiger partial charge on any atom is 0.143 e. The van der Waals surface area contributed by atoms with Crippen molar-refractivity contribution in [1.82, 2.24) is 0 Å². The van der Waals surface area contributed by atoms with E-state index in [9.17, 15) is 0 Å². The Bertz CT molecular complexity index is 495. The molecule has 0 aliphatic heterocycles. The van der Waals surface area contributed by atoms with Crippen molar-refractivity contribution in [3.8, 4) is 5.75 Å². The molecular weight excluding hydrogens is 228 g/mol. The third-order valence-electron chi connectivity index (χ3n) is 2.91. The van der Waals surface area contributed by atoms with E-state index >= 15 is 0 Å². The predicted molar refractivity (Wildman–Crippen MR) is 72.8 cm³/mol. The fraction of sp³-hybridized carbons (Fsp3) is 0.286. The highest BCUT2D eigenvalue weighted by molar-refractivity contribution is 5.74. The quantitative estimate of drug-likeness (QED) is 0.824. The van der Waals surface area contributed by atoms with Crippen molar-refractivity contribution < 1.29 is 9.15 Å². The summed E-state index contributed by atoms with van der Waals surface area (Å²) in [5.74, 6) is 1.62. The maximum absolute atomic E-state index is 6.10. The van der Waals surface area contributed by atoms with Gasteiger partial charge in [-0.05, 0) is 31.2 Å². The van der Waals surface area contributed by atoms with Crippen molar-refractivity contribution in [2.75, 3.05) is 24.3 Å². The van der Waals surface area contributed by atoms with Gasteiger partial charge in [0.05, 0.1) is 31.3 Å². The van der Waals surface area contributed by atoms with Gasteiger partial charge < -0.3 is 19.8 Å². The third-order valence-corrected chi connectivity index (χ3v) is 2.91. The van der Waals surface area contributed by atoms with Crippen LogP contribution in [-0.2, 0) is 6.54 Å². The largest absolute Gasteiger partial charge is 0.495 e. The molecule has 2 aromatic rings. The Kier molecular flexibility index (Phi) is 3.77. The van der Waals surface area contributed by atoms with Gasteiger partial charge in [-0.1, -0.05) is 6.07 Å². The van der Waals surface area contributed by atoms with Gasteiger partial charge in [0.15, 0.2) is 0 Å². The zero-order chi connectivity index (χ0) is 13.0. The van der Waals surface area contributed by atoms with Gasteiger partial charge in [0.25, 0.3) is 0 Å². The van der Waals surface area contributed by atoms with Crippen LogP contribution in [0, 0.1) is 0 Å². The fourth-order valence-electron chi connectivity index (χ4n) is 1.94. The zero-order valence-corrected chi connectivity index (χ0v) is 10.7. The monoisotopic (exact) mass is 246 g/mol. The molecule has 0 aliphatic rings. The highest BCUT2D eigenvalue weighted by Gasteiger charge is 2.12. The average Bonchev–Trinajstić information content (AvgIpc) is 2.89. The van der Waals surface area contributed by atoms with Crippen LogP contribution in [0.5, 0.6) is 5.75 Å². The standard InChI is InChI=1S/C14H18N2O2/c1-3-16(10-11-6-5-9-18-11)12-7-4-8-13(17-2)14(12)15/h4-9H,3,10,15H2,1-2H3. The van der Waals surface area contributed by atoms with Crippen LogP contribution in [0.25, 0.3) is 0 Å². The first-order valence-electron chi connectivity index (χ1n) is 5.96. The molecule has 2 rings (SSSR count). The van der Waals surface area contributed by atoms with Crippen molar-refractivity contribution in [2.24, 2.45) is 0 Å². The lowest BCUT2D eigenvalue weighted by Gasteiger charge is -2.24. The summed E-state index contributed by atoms with van der Waals surface area (Å²) in [6.45, 7) is 3.63. The summed E-state index contributed by atoms with van der Waals surface area (Å²) < 4.78 is 10.6. The molecule has 0 saturated carbocycles. The van der Waals surface area contributed by atoms with Gasteiger partial charge in [0.1, 0.15) is 11.5 Å². The first-order valence-corrected chi connectivity index (χ1v) is 5.96. The lowest BCUT2D eigenvalue weighted by atomic mass is 10.2. The molecule has 0 fully saturated rings. The summed E-state index contributed by atoms with van der Waals surface area (Å²) in [5.41, 5.74) is 7.73. The number of para-hydroxylation sites is 1. The Hall–Kier alpha value is -2.10. The lowest BCUT2D eigenvalue weighted by molar-refractivity contribution is 0.417. The fourth-order valence-corrected chi connectivity index (χ4v) is 1.94. The van der Waals surface area contributed by atoms with E-state index in [0.717, 1.165) is 18.0 Å². The predicted octanol–water partition coefficient (Wildman–Crippen LogP) is 2.90. The number of nitrogens with two attached hydrogens (primary N) is 1. The average molecular weight is 246 g/mol. The molecule has 1 aromatic heterocycles.